The van der Waals surface area contributed by atoms with Gasteiger partial charge in [-0.05, 0) is 36.2 Å². The first-order chi connectivity index (χ1) is 11.9. The van der Waals surface area contributed by atoms with Crippen LogP contribution in [0.5, 0.6) is 5.75 Å². The maximum atomic E-state index is 12.2. The number of halogens is 1. The molecule has 0 atom stereocenters. The molecule has 0 aliphatic rings. The summed E-state index contributed by atoms with van der Waals surface area (Å²) in [6.45, 7) is 4.54. The van der Waals surface area contributed by atoms with Crippen LogP contribution in [0, 0.1) is 5.92 Å². The highest BCUT2D eigenvalue weighted by Crippen LogP contribution is 2.21. The van der Waals surface area contributed by atoms with Gasteiger partial charge in [0.15, 0.2) is 0 Å². The fourth-order valence-electron chi connectivity index (χ4n) is 2.00. The number of rotatable bonds is 6. The minimum absolute atomic E-state index is 0.238. The number of carbonyl (C=O) groups is 2. The minimum Gasteiger partial charge on any atom is -0.495 e. The van der Waals surface area contributed by atoms with Crippen molar-refractivity contribution in [2.75, 3.05) is 19.0 Å². The molecule has 2 amide bonds. The Morgan fingerprint density at radius 3 is 2.56 bits per heavy atom. The van der Waals surface area contributed by atoms with Gasteiger partial charge in [-0.25, -0.2) is 4.98 Å². The predicted molar refractivity (Wildman–Crippen MR) is 97.4 cm³/mol. The lowest BCUT2D eigenvalue weighted by atomic mass is 10.1. The Morgan fingerprint density at radius 2 is 1.96 bits per heavy atom. The second-order valence-electron chi connectivity index (χ2n) is 5.84. The molecule has 7 heteroatoms. The maximum Gasteiger partial charge on any atom is 0.274 e. The van der Waals surface area contributed by atoms with Gasteiger partial charge in [-0.3, -0.25) is 9.59 Å². The summed E-state index contributed by atoms with van der Waals surface area (Å²) in [6.07, 6.45) is 1.46. The topological polar surface area (TPSA) is 80.3 Å². The maximum absolute atomic E-state index is 12.2. The van der Waals surface area contributed by atoms with Crippen LogP contribution >= 0.6 is 11.6 Å². The Kier molecular flexibility index (Phi) is 6.36. The summed E-state index contributed by atoms with van der Waals surface area (Å²) in [5.41, 5.74) is 1.01. The van der Waals surface area contributed by atoms with E-state index in [2.05, 4.69) is 15.6 Å². The first kappa shape index (κ1) is 18.7. The number of aromatic nitrogens is 1. The Hall–Kier alpha value is -2.60. The Morgan fingerprint density at radius 1 is 1.20 bits per heavy atom. The molecule has 1 aromatic heterocycles. The van der Waals surface area contributed by atoms with Crippen molar-refractivity contribution in [2.24, 2.45) is 5.92 Å². The van der Waals surface area contributed by atoms with Crippen LogP contribution in [0.25, 0.3) is 0 Å². The Bertz CT molecular complexity index is 761. The van der Waals surface area contributed by atoms with Gasteiger partial charge < -0.3 is 15.4 Å². The van der Waals surface area contributed by atoms with E-state index < -0.39 is 5.91 Å². The predicted octanol–water partition coefficient (Wildman–Crippen LogP) is 3.38. The molecule has 0 bridgehead atoms. The van der Waals surface area contributed by atoms with Gasteiger partial charge in [-0.15, -0.1) is 0 Å². The van der Waals surface area contributed by atoms with Gasteiger partial charge in [0.1, 0.15) is 11.4 Å². The van der Waals surface area contributed by atoms with Crippen LogP contribution in [0.2, 0.25) is 5.02 Å². The molecule has 2 rings (SSSR count). The summed E-state index contributed by atoms with van der Waals surface area (Å²) in [7, 11) is 1.52. The van der Waals surface area contributed by atoms with Crippen LogP contribution in [0.3, 0.4) is 0 Å². The number of carbonyl (C=O) groups excluding carboxylic acids is 2. The highest BCUT2D eigenvalue weighted by atomic mass is 35.5. The van der Waals surface area contributed by atoms with Crippen LogP contribution in [0.4, 0.5) is 5.69 Å². The van der Waals surface area contributed by atoms with Crippen LogP contribution in [-0.4, -0.2) is 30.5 Å². The van der Waals surface area contributed by atoms with E-state index in [1.807, 2.05) is 13.8 Å². The second kappa shape index (κ2) is 8.48. The van der Waals surface area contributed by atoms with Gasteiger partial charge in [0.2, 0.25) is 0 Å². The molecule has 1 aromatic carbocycles. The van der Waals surface area contributed by atoms with E-state index in [0.29, 0.717) is 34.5 Å². The zero-order chi connectivity index (χ0) is 18.4. The van der Waals surface area contributed by atoms with E-state index in [1.54, 1.807) is 30.3 Å². The zero-order valence-electron chi connectivity index (χ0n) is 14.3. The quantitative estimate of drug-likeness (QED) is 0.826. The van der Waals surface area contributed by atoms with Crippen LogP contribution in [0.1, 0.15) is 34.7 Å². The number of ether oxygens (including phenoxy) is 1. The average Bonchev–Trinajstić information content (AvgIpc) is 2.61. The molecule has 1 heterocycles. The summed E-state index contributed by atoms with van der Waals surface area (Å²) in [5.74, 6) is 0.217. The molecule has 25 heavy (non-hydrogen) atoms. The molecule has 2 aromatic rings. The van der Waals surface area contributed by atoms with Crippen molar-refractivity contribution >= 4 is 29.1 Å². The molecule has 0 fully saturated rings. The zero-order valence-corrected chi connectivity index (χ0v) is 15.1. The van der Waals surface area contributed by atoms with E-state index in [4.69, 9.17) is 16.3 Å². The fraction of sp³-hybridized carbons (Fsp3) is 0.278. The third-order valence-electron chi connectivity index (χ3n) is 3.34. The van der Waals surface area contributed by atoms with Gasteiger partial charge >= 0.3 is 0 Å². The van der Waals surface area contributed by atoms with E-state index in [-0.39, 0.29) is 11.6 Å². The Labute approximate surface area is 151 Å². The summed E-state index contributed by atoms with van der Waals surface area (Å²) in [6, 6.07) is 7.94. The molecular formula is C18H20ClN3O3. The number of benzene rings is 1. The number of nitrogens with one attached hydrogen (secondary N) is 2. The number of anilines is 1. The number of pyridine rings is 1. The van der Waals surface area contributed by atoms with E-state index in [9.17, 15) is 9.59 Å². The second-order valence-corrected chi connectivity index (χ2v) is 6.24. The summed E-state index contributed by atoms with van der Waals surface area (Å²) in [4.78, 5) is 28.5. The van der Waals surface area contributed by atoms with Gasteiger partial charge in [0.05, 0.1) is 23.9 Å². The summed E-state index contributed by atoms with van der Waals surface area (Å²) in [5, 5.41) is 5.83. The standard InChI is InChI=1S/C18H20ClN3O3/c1-11(2)9-21-17(23)14-8-12(4-6-15(14)19)22-18(24)16-7-5-13(25-3)10-20-16/h4-8,10-11H,9H2,1-3H3,(H,21,23)(H,22,24). The van der Waals surface area contributed by atoms with Crippen molar-refractivity contribution < 1.29 is 14.3 Å². The summed E-state index contributed by atoms with van der Waals surface area (Å²) < 4.78 is 5.01. The molecule has 0 spiro atoms. The molecule has 0 unspecified atom stereocenters. The van der Waals surface area contributed by atoms with E-state index in [0.717, 1.165) is 0 Å². The van der Waals surface area contributed by atoms with Crippen molar-refractivity contribution in [1.29, 1.82) is 0 Å². The molecule has 132 valence electrons. The molecule has 0 aliphatic carbocycles. The molecule has 0 radical (unpaired) electrons. The number of methoxy groups -OCH3 is 1. The van der Waals surface area contributed by atoms with Crippen molar-refractivity contribution in [3.05, 3.63) is 52.8 Å². The van der Waals surface area contributed by atoms with E-state index in [1.165, 1.54) is 13.3 Å². The van der Waals surface area contributed by atoms with E-state index >= 15 is 0 Å². The molecule has 0 aliphatic heterocycles. The van der Waals surface area contributed by atoms with Crippen LogP contribution in [-0.2, 0) is 0 Å². The smallest absolute Gasteiger partial charge is 0.274 e. The minimum atomic E-state index is -0.390. The molecular weight excluding hydrogens is 342 g/mol. The van der Waals surface area contributed by atoms with Gasteiger partial charge in [-0.1, -0.05) is 25.4 Å². The first-order valence-electron chi connectivity index (χ1n) is 7.80. The lowest BCUT2D eigenvalue weighted by molar-refractivity contribution is 0.0947. The normalized spacial score (nSPS) is 10.4. The molecule has 0 saturated carbocycles. The number of hydrogen-bond donors (Lipinski definition) is 2. The molecule has 2 N–H and O–H groups in total. The van der Waals surface area contributed by atoms with Crippen molar-refractivity contribution in [3.63, 3.8) is 0 Å². The highest BCUT2D eigenvalue weighted by molar-refractivity contribution is 6.34. The Balaban J connectivity index is 2.12. The average molecular weight is 362 g/mol. The van der Waals surface area contributed by atoms with Gasteiger partial charge in [-0.2, -0.15) is 0 Å². The number of amides is 2. The lowest BCUT2D eigenvalue weighted by Crippen LogP contribution is -2.27. The monoisotopic (exact) mass is 361 g/mol. The first-order valence-corrected chi connectivity index (χ1v) is 8.17. The van der Waals surface area contributed by atoms with Crippen molar-refractivity contribution in [1.82, 2.24) is 10.3 Å². The van der Waals surface area contributed by atoms with Crippen molar-refractivity contribution in [2.45, 2.75) is 13.8 Å². The number of hydrogen-bond acceptors (Lipinski definition) is 4. The SMILES string of the molecule is COc1ccc(C(=O)Nc2ccc(Cl)c(C(=O)NCC(C)C)c2)nc1. The lowest BCUT2D eigenvalue weighted by Gasteiger charge is -2.11. The molecule has 6 nitrogen and oxygen atoms in total. The van der Waals surface area contributed by atoms with Gasteiger partial charge in [0, 0.05) is 12.2 Å². The van der Waals surface area contributed by atoms with Crippen LogP contribution < -0.4 is 15.4 Å². The largest absolute Gasteiger partial charge is 0.495 e. The third kappa shape index (κ3) is 5.19. The highest BCUT2D eigenvalue weighted by Gasteiger charge is 2.14. The van der Waals surface area contributed by atoms with Gasteiger partial charge in [0.25, 0.3) is 11.8 Å². The van der Waals surface area contributed by atoms with Crippen molar-refractivity contribution in [3.8, 4) is 5.75 Å². The third-order valence-corrected chi connectivity index (χ3v) is 3.67. The number of nitrogens with zero attached hydrogens (tertiary/aromatic N) is 1. The van der Waals surface area contributed by atoms with Crippen LogP contribution in [0.15, 0.2) is 36.5 Å². The summed E-state index contributed by atoms with van der Waals surface area (Å²) >= 11 is 6.09. The molecule has 0 saturated heterocycles. The fourth-order valence-corrected chi connectivity index (χ4v) is 2.20.